The van der Waals surface area contributed by atoms with Gasteiger partial charge in [0.2, 0.25) is 10.0 Å². The van der Waals surface area contributed by atoms with Crippen molar-refractivity contribution < 1.29 is 8.42 Å². The summed E-state index contributed by atoms with van der Waals surface area (Å²) < 4.78 is 26.9. The second-order valence-electron chi connectivity index (χ2n) is 6.65. The monoisotopic (exact) mass is 310 g/mol. The van der Waals surface area contributed by atoms with Crippen LogP contribution >= 0.6 is 0 Å². The molecule has 0 spiro atoms. The van der Waals surface area contributed by atoms with Crippen LogP contribution in [-0.2, 0) is 10.0 Å². The zero-order valence-corrected chi connectivity index (χ0v) is 14.2. The molecular weight excluding hydrogens is 284 g/mol. The Balaban J connectivity index is 2.17. The Morgan fingerprint density at radius 3 is 2.14 bits per heavy atom. The third-order valence-electron chi connectivity index (χ3n) is 4.53. The zero-order chi connectivity index (χ0) is 15.7. The smallest absolute Gasteiger partial charge is 0.243 e. The number of nitrogens with one attached hydrogen (secondary N) is 1. The van der Waals surface area contributed by atoms with Crippen LogP contribution in [0.4, 0.5) is 0 Å². The molecular formula is C16H26N2O2S. The highest BCUT2D eigenvalue weighted by Crippen LogP contribution is 2.32. The third kappa shape index (κ3) is 3.65. The van der Waals surface area contributed by atoms with Gasteiger partial charge in [0.05, 0.1) is 4.90 Å². The second kappa shape index (κ2) is 6.07. The highest BCUT2D eigenvalue weighted by atomic mass is 32.2. The van der Waals surface area contributed by atoms with Crippen LogP contribution < -0.4 is 5.32 Å². The standard InChI is InChI=1S/C16H26N2O2S/c1-13(17-4)14-5-7-15(8-6-14)21(19,20)18-11-9-16(2,3)10-12-18/h5-8,13,17H,9-12H2,1-4H3. The molecule has 4 nitrogen and oxygen atoms in total. The van der Waals surface area contributed by atoms with E-state index in [2.05, 4.69) is 26.1 Å². The van der Waals surface area contributed by atoms with E-state index in [0.29, 0.717) is 18.0 Å². The second-order valence-corrected chi connectivity index (χ2v) is 8.59. The van der Waals surface area contributed by atoms with Crippen LogP contribution in [0.25, 0.3) is 0 Å². The fourth-order valence-electron chi connectivity index (χ4n) is 2.58. The molecule has 2 rings (SSSR count). The largest absolute Gasteiger partial charge is 0.313 e. The van der Waals surface area contributed by atoms with Gasteiger partial charge < -0.3 is 5.32 Å². The molecule has 1 heterocycles. The van der Waals surface area contributed by atoms with Gasteiger partial charge in [-0.1, -0.05) is 26.0 Å². The van der Waals surface area contributed by atoms with E-state index < -0.39 is 10.0 Å². The molecule has 1 aliphatic rings. The Labute approximate surface area is 128 Å². The summed E-state index contributed by atoms with van der Waals surface area (Å²) in [6.07, 6.45) is 1.84. The number of hydrogen-bond acceptors (Lipinski definition) is 3. The summed E-state index contributed by atoms with van der Waals surface area (Å²) in [7, 11) is -1.45. The van der Waals surface area contributed by atoms with Crippen LogP contribution in [0, 0.1) is 5.41 Å². The van der Waals surface area contributed by atoms with E-state index in [-0.39, 0.29) is 11.5 Å². The minimum absolute atomic E-state index is 0.220. The number of benzene rings is 1. The van der Waals surface area contributed by atoms with Crippen molar-refractivity contribution in [1.29, 1.82) is 0 Å². The Morgan fingerprint density at radius 2 is 1.67 bits per heavy atom. The maximum atomic E-state index is 12.7. The summed E-state index contributed by atoms with van der Waals surface area (Å²) in [5, 5.41) is 3.15. The lowest BCUT2D eigenvalue weighted by Gasteiger charge is -2.36. The van der Waals surface area contributed by atoms with Crippen molar-refractivity contribution in [1.82, 2.24) is 9.62 Å². The molecule has 1 unspecified atom stereocenters. The van der Waals surface area contributed by atoms with Crippen LogP contribution in [0.2, 0.25) is 0 Å². The van der Waals surface area contributed by atoms with Crippen molar-refractivity contribution >= 4 is 10.0 Å². The molecule has 21 heavy (non-hydrogen) atoms. The van der Waals surface area contributed by atoms with E-state index >= 15 is 0 Å². The quantitative estimate of drug-likeness (QED) is 0.930. The Bertz CT molecular complexity index is 569. The fourth-order valence-corrected chi connectivity index (χ4v) is 4.02. The molecule has 0 radical (unpaired) electrons. The Morgan fingerprint density at radius 1 is 1.14 bits per heavy atom. The lowest BCUT2D eigenvalue weighted by Crippen LogP contribution is -2.41. The molecule has 5 heteroatoms. The van der Waals surface area contributed by atoms with Crippen LogP contribution in [0.3, 0.4) is 0 Å². The van der Waals surface area contributed by atoms with E-state index in [4.69, 9.17) is 0 Å². The maximum absolute atomic E-state index is 12.7. The van der Waals surface area contributed by atoms with Gasteiger partial charge in [-0.2, -0.15) is 4.31 Å². The van der Waals surface area contributed by atoms with Crippen LogP contribution in [0.1, 0.15) is 45.2 Å². The number of piperidine rings is 1. The molecule has 1 saturated heterocycles. The molecule has 0 aliphatic carbocycles. The van der Waals surface area contributed by atoms with Gasteiger partial charge in [0.15, 0.2) is 0 Å². The van der Waals surface area contributed by atoms with Gasteiger partial charge in [-0.05, 0) is 49.9 Å². The van der Waals surface area contributed by atoms with E-state index in [1.165, 1.54) is 0 Å². The Hall–Kier alpha value is -0.910. The fraction of sp³-hybridized carbons (Fsp3) is 0.625. The number of sulfonamides is 1. The van der Waals surface area contributed by atoms with Crippen molar-refractivity contribution in [3.63, 3.8) is 0 Å². The first kappa shape index (κ1) is 16.5. The normalized spacial score (nSPS) is 21.1. The van der Waals surface area contributed by atoms with Crippen molar-refractivity contribution in [3.8, 4) is 0 Å². The van der Waals surface area contributed by atoms with Crippen molar-refractivity contribution in [3.05, 3.63) is 29.8 Å². The van der Waals surface area contributed by atoms with Crippen molar-refractivity contribution in [2.24, 2.45) is 5.41 Å². The topological polar surface area (TPSA) is 49.4 Å². The van der Waals surface area contributed by atoms with E-state index in [0.717, 1.165) is 18.4 Å². The summed E-state index contributed by atoms with van der Waals surface area (Å²) in [5.74, 6) is 0. The molecule has 118 valence electrons. The van der Waals surface area contributed by atoms with E-state index in [1.54, 1.807) is 16.4 Å². The average Bonchev–Trinajstić information content (AvgIpc) is 2.46. The molecule has 1 atom stereocenters. The minimum atomic E-state index is -3.35. The molecule has 1 aliphatic heterocycles. The maximum Gasteiger partial charge on any atom is 0.243 e. The van der Waals surface area contributed by atoms with Gasteiger partial charge in [0, 0.05) is 19.1 Å². The predicted octanol–water partition coefficient (Wildman–Crippen LogP) is 2.78. The molecule has 1 N–H and O–H groups in total. The molecule has 1 aromatic carbocycles. The van der Waals surface area contributed by atoms with E-state index in [9.17, 15) is 8.42 Å². The van der Waals surface area contributed by atoms with Gasteiger partial charge in [0.1, 0.15) is 0 Å². The highest BCUT2D eigenvalue weighted by Gasteiger charge is 2.32. The number of hydrogen-bond donors (Lipinski definition) is 1. The summed E-state index contributed by atoms with van der Waals surface area (Å²) in [5.41, 5.74) is 1.34. The van der Waals surface area contributed by atoms with Gasteiger partial charge >= 0.3 is 0 Å². The predicted molar refractivity (Wildman–Crippen MR) is 85.7 cm³/mol. The summed E-state index contributed by atoms with van der Waals surface area (Å²) in [6, 6.07) is 7.44. The Kier molecular flexibility index (Phi) is 4.76. The zero-order valence-electron chi connectivity index (χ0n) is 13.4. The van der Waals surface area contributed by atoms with Gasteiger partial charge in [0.25, 0.3) is 0 Å². The van der Waals surface area contributed by atoms with Crippen LogP contribution in [0.15, 0.2) is 29.2 Å². The van der Waals surface area contributed by atoms with Crippen molar-refractivity contribution in [2.75, 3.05) is 20.1 Å². The molecule has 0 bridgehead atoms. The number of rotatable bonds is 4. The minimum Gasteiger partial charge on any atom is -0.313 e. The van der Waals surface area contributed by atoms with Crippen LogP contribution in [0.5, 0.6) is 0 Å². The lowest BCUT2D eigenvalue weighted by molar-refractivity contribution is 0.196. The van der Waals surface area contributed by atoms with Gasteiger partial charge in [-0.3, -0.25) is 0 Å². The molecule has 0 saturated carbocycles. The van der Waals surface area contributed by atoms with Gasteiger partial charge in [-0.25, -0.2) is 8.42 Å². The van der Waals surface area contributed by atoms with Crippen LogP contribution in [-0.4, -0.2) is 32.9 Å². The first-order valence-electron chi connectivity index (χ1n) is 7.54. The lowest BCUT2D eigenvalue weighted by atomic mass is 9.83. The third-order valence-corrected chi connectivity index (χ3v) is 6.44. The van der Waals surface area contributed by atoms with Crippen molar-refractivity contribution in [2.45, 2.75) is 44.6 Å². The first-order valence-corrected chi connectivity index (χ1v) is 8.98. The average molecular weight is 310 g/mol. The SMILES string of the molecule is CNC(C)c1ccc(S(=O)(=O)N2CCC(C)(C)CC2)cc1. The van der Waals surface area contributed by atoms with Gasteiger partial charge in [-0.15, -0.1) is 0 Å². The summed E-state index contributed by atoms with van der Waals surface area (Å²) in [4.78, 5) is 0.397. The number of nitrogens with zero attached hydrogens (tertiary/aromatic N) is 1. The molecule has 0 amide bonds. The molecule has 1 fully saturated rings. The molecule has 0 aromatic heterocycles. The molecule has 1 aromatic rings. The summed E-state index contributed by atoms with van der Waals surface area (Å²) >= 11 is 0. The summed E-state index contributed by atoms with van der Waals surface area (Å²) in [6.45, 7) is 7.68. The highest BCUT2D eigenvalue weighted by molar-refractivity contribution is 7.89. The first-order chi connectivity index (χ1) is 9.76. The van der Waals surface area contributed by atoms with E-state index in [1.807, 2.05) is 19.2 Å².